The summed E-state index contributed by atoms with van der Waals surface area (Å²) in [7, 11) is 0. The van der Waals surface area contributed by atoms with Crippen molar-refractivity contribution < 1.29 is 9.59 Å². The van der Waals surface area contributed by atoms with Crippen LogP contribution in [0, 0.1) is 0 Å². The minimum atomic E-state index is -0.0443. The third-order valence-corrected chi connectivity index (χ3v) is 5.56. The second-order valence-electron chi connectivity index (χ2n) is 7.81. The highest BCUT2D eigenvalue weighted by Gasteiger charge is 2.06. The normalized spacial score (nSPS) is 10.5. The molecule has 0 atom stereocenters. The van der Waals surface area contributed by atoms with E-state index in [4.69, 9.17) is 11.5 Å². The molecule has 2 amide bonds. The number of carbonyl (C=O) groups is 2. The van der Waals surface area contributed by atoms with Crippen LogP contribution in [-0.4, -0.2) is 74.0 Å². The van der Waals surface area contributed by atoms with Gasteiger partial charge in [-0.1, -0.05) is 27.7 Å². The number of nitrogens with one attached hydrogen (secondary N) is 2. The highest BCUT2D eigenvalue weighted by Crippen LogP contribution is 2.05. The summed E-state index contributed by atoms with van der Waals surface area (Å²) in [5.74, 6) is -0.0886. The maximum atomic E-state index is 11.7. The van der Waals surface area contributed by atoms with Gasteiger partial charge >= 0.3 is 0 Å². The molecule has 0 aliphatic heterocycles. The van der Waals surface area contributed by atoms with Crippen LogP contribution < -0.4 is 22.1 Å². The number of nitrogen functional groups attached to an aromatic ring is 2. The number of hydrogen-bond donors (Lipinski definition) is 4. The van der Waals surface area contributed by atoms with Gasteiger partial charge in [-0.15, -0.1) is 0 Å². The van der Waals surface area contributed by atoms with Crippen LogP contribution in [0.4, 0.5) is 11.4 Å². The monoisotopic (exact) mass is 470 g/mol. The predicted octanol–water partition coefficient (Wildman–Crippen LogP) is 2.68. The number of nitrogens with two attached hydrogens (primary N) is 2. The molecule has 0 spiro atoms. The molecule has 8 nitrogen and oxygen atoms in total. The highest BCUT2D eigenvalue weighted by molar-refractivity contribution is 5.94. The Bertz CT molecular complexity index is 760. The summed E-state index contributed by atoms with van der Waals surface area (Å²) in [5, 5.41) is 5.79. The smallest absolute Gasteiger partial charge is 0.251 e. The van der Waals surface area contributed by atoms with E-state index >= 15 is 0 Å². The Morgan fingerprint density at radius 2 is 0.912 bits per heavy atom. The number of nitrogens with zero attached hydrogens (tertiary/aromatic N) is 2. The summed E-state index contributed by atoms with van der Waals surface area (Å²) in [4.78, 5) is 28.0. The summed E-state index contributed by atoms with van der Waals surface area (Å²) in [5.41, 5.74) is 13.8. The number of likely N-dealkylation sites (N-methyl/N-ethyl adjacent to an activating group) is 2. The number of anilines is 2. The van der Waals surface area contributed by atoms with Gasteiger partial charge in [0.05, 0.1) is 0 Å². The van der Waals surface area contributed by atoms with Crippen molar-refractivity contribution in [1.82, 2.24) is 20.4 Å². The minimum Gasteiger partial charge on any atom is -0.399 e. The first-order valence-electron chi connectivity index (χ1n) is 12.1. The fraction of sp³-hybridized carbons (Fsp3) is 0.462. The van der Waals surface area contributed by atoms with E-state index in [0.717, 1.165) is 39.3 Å². The van der Waals surface area contributed by atoms with E-state index in [2.05, 4.69) is 48.1 Å². The molecule has 0 saturated carbocycles. The molecule has 2 aromatic rings. The van der Waals surface area contributed by atoms with E-state index in [0.29, 0.717) is 35.6 Å². The first-order chi connectivity index (χ1) is 16.3. The van der Waals surface area contributed by atoms with Crippen LogP contribution >= 0.6 is 0 Å². The van der Waals surface area contributed by atoms with E-state index in [1.165, 1.54) is 0 Å². The summed E-state index contributed by atoms with van der Waals surface area (Å²) in [6, 6.07) is 13.9. The van der Waals surface area contributed by atoms with Gasteiger partial charge in [0.25, 0.3) is 11.8 Å². The number of rotatable bonds is 12. The van der Waals surface area contributed by atoms with E-state index in [9.17, 15) is 9.59 Å². The molecule has 6 N–H and O–H groups in total. The molecule has 0 aliphatic carbocycles. The zero-order chi connectivity index (χ0) is 25.3. The molecular formula is C26H42N6O2. The van der Waals surface area contributed by atoms with Crippen LogP contribution in [0.15, 0.2) is 48.5 Å². The molecule has 0 aromatic heterocycles. The first kappa shape index (κ1) is 28.9. The van der Waals surface area contributed by atoms with E-state index in [1.807, 2.05) is 0 Å². The molecule has 0 fully saturated rings. The van der Waals surface area contributed by atoms with Crippen LogP contribution in [0.5, 0.6) is 0 Å². The minimum absolute atomic E-state index is 0.0443. The van der Waals surface area contributed by atoms with Gasteiger partial charge in [0, 0.05) is 48.7 Å². The van der Waals surface area contributed by atoms with Crippen molar-refractivity contribution in [2.45, 2.75) is 27.7 Å². The third kappa shape index (κ3) is 11.2. The number of carbonyl (C=O) groups excluding carboxylic acids is 2. The van der Waals surface area contributed by atoms with Gasteiger partial charge in [-0.2, -0.15) is 0 Å². The average molecular weight is 471 g/mol. The molecule has 2 aromatic carbocycles. The maximum Gasteiger partial charge on any atom is 0.251 e. The van der Waals surface area contributed by atoms with Crippen LogP contribution in [0.2, 0.25) is 0 Å². The van der Waals surface area contributed by atoms with Gasteiger partial charge in [-0.3, -0.25) is 9.59 Å². The second kappa shape index (κ2) is 16.5. The van der Waals surface area contributed by atoms with Crippen LogP contribution in [0.1, 0.15) is 48.4 Å². The summed E-state index contributed by atoms with van der Waals surface area (Å²) in [6.07, 6.45) is 0. The Labute approximate surface area is 204 Å². The molecule has 0 bridgehead atoms. The van der Waals surface area contributed by atoms with E-state index < -0.39 is 0 Å². The van der Waals surface area contributed by atoms with Crippen molar-refractivity contribution in [3.8, 4) is 0 Å². The number of amides is 2. The molecule has 188 valence electrons. The molecule has 0 radical (unpaired) electrons. The fourth-order valence-corrected chi connectivity index (χ4v) is 3.21. The Kier molecular flexibility index (Phi) is 14.0. The van der Waals surface area contributed by atoms with Crippen molar-refractivity contribution in [2.24, 2.45) is 0 Å². The standard InChI is InChI=1S/2C13H21N3O/c2*1-3-16(4-2)10-9-15-13(17)11-5-7-12(14)8-6-11/h2*5-8H,3-4,9-10,14H2,1-2H3,(H,15,17). The van der Waals surface area contributed by atoms with Gasteiger partial charge in [-0.05, 0) is 74.7 Å². The van der Waals surface area contributed by atoms with Crippen molar-refractivity contribution in [1.29, 1.82) is 0 Å². The van der Waals surface area contributed by atoms with Crippen molar-refractivity contribution >= 4 is 23.2 Å². The van der Waals surface area contributed by atoms with Gasteiger partial charge in [-0.25, -0.2) is 0 Å². The molecule has 34 heavy (non-hydrogen) atoms. The Morgan fingerprint density at radius 1 is 0.618 bits per heavy atom. The molecule has 2 rings (SSSR count). The largest absolute Gasteiger partial charge is 0.399 e. The lowest BCUT2D eigenvalue weighted by Gasteiger charge is -2.17. The van der Waals surface area contributed by atoms with Crippen molar-refractivity contribution in [3.63, 3.8) is 0 Å². The van der Waals surface area contributed by atoms with Crippen LogP contribution in [0.3, 0.4) is 0 Å². The van der Waals surface area contributed by atoms with Gasteiger partial charge in [0.1, 0.15) is 0 Å². The maximum absolute atomic E-state index is 11.7. The molecule has 8 heteroatoms. The summed E-state index contributed by atoms with van der Waals surface area (Å²) < 4.78 is 0. The van der Waals surface area contributed by atoms with Crippen molar-refractivity contribution in [2.75, 3.05) is 63.8 Å². The van der Waals surface area contributed by atoms with E-state index in [-0.39, 0.29) is 11.8 Å². The SMILES string of the molecule is CCN(CC)CCNC(=O)c1ccc(N)cc1.CCN(CC)CCNC(=O)c1ccc(N)cc1. The lowest BCUT2D eigenvalue weighted by molar-refractivity contribution is 0.0941. The number of benzene rings is 2. The zero-order valence-electron chi connectivity index (χ0n) is 21.1. The van der Waals surface area contributed by atoms with Gasteiger partial charge in [0.15, 0.2) is 0 Å². The topological polar surface area (TPSA) is 117 Å². The van der Waals surface area contributed by atoms with Crippen LogP contribution in [-0.2, 0) is 0 Å². The summed E-state index contributed by atoms with van der Waals surface area (Å²) >= 11 is 0. The molecular weight excluding hydrogens is 428 g/mol. The molecule has 0 saturated heterocycles. The lowest BCUT2D eigenvalue weighted by atomic mass is 10.2. The number of hydrogen-bond acceptors (Lipinski definition) is 6. The fourth-order valence-electron chi connectivity index (χ4n) is 3.21. The predicted molar refractivity (Wildman–Crippen MR) is 142 cm³/mol. The average Bonchev–Trinajstić information content (AvgIpc) is 2.85. The van der Waals surface area contributed by atoms with E-state index in [1.54, 1.807) is 48.5 Å². The lowest BCUT2D eigenvalue weighted by Crippen LogP contribution is -2.34. The van der Waals surface area contributed by atoms with Crippen molar-refractivity contribution in [3.05, 3.63) is 59.7 Å². The van der Waals surface area contributed by atoms with Gasteiger partial charge < -0.3 is 31.9 Å². The quantitative estimate of drug-likeness (QED) is 0.354. The first-order valence-corrected chi connectivity index (χ1v) is 12.1. The Balaban J connectivity index is 0.000000340. The molecule has 0 heterocycles. The zero-order valence-corrected chi connectivity index (χ0v) is 21.1. The van der Waals surface area contributed by atoms with Crippen LogP contribution in [0.25, 0.3) is 0 Å². The molecule has 0 aliphatic rings. The Hall–Kier alpha value is -3.10. The highest BCUT2D eigenvalue weighted by atomic mass is 16.2. The summed E-state index contributed by atoms with van der Waals surface area (Å²) in [6.45, 7) is 15.6. The molecule has 0 unspecified atom stereocenters. The third-order valence-electron chi connectivity index (χ3n) is 5.56. The van der Waals surface area contributed by atoms with Gasteiger partial charge in [0.2, 0.25) is 0 Å². The second-order valence-corrected chi connectivity index (χ2v) is 7.81. The Morgan fingerprint density at radius 3 is 1.18 bits per heavy atom.